The first-order valence-corrected chi connectivity index (χ1v) is 11.8. The zero-order chi connectivity index (χ0) is 27.6. The molecule has 0 aromatic heterocycles. The Morgan fingerprint density at radius 1 is 1.08 bits per heavy atom. The standard InChI is InChI=1S/C27H34N4O6/c1-6-18-7-9-19(10-8-18)23(24(33)29-20-11-13-21(36-5)14-12-20)31(16-15-28)25(34)22(17-32)30-26(35)37-27(2,3)4/h7-14,22-23,32H,6,16-17H2,1-5H3,(H,29,33)(H,30,35). The van der Waals surface area contributed by atoms with E-state index in [0.29, 0.717) is 17.0 Å². The third-order valence-corrected chi connectivity index (χ3v) is 5.32. The average Bonchev–Trinajstić information content (AvgIpc) is 2.86. The molecule has 37 heavy (non-hydrogen) atoms. The predicted octanol–water partition coefficient (Wildman–Crippen LogP) is 3.18. The molecule has 2 rings (SSSR count). The number of aliphatic hydroxyl groups excluding tert-OH is 1. The number of anilines is 1. The van der Waals surface area contributed by atoms with Gasteiger partial charge in [-0.15, -0.1) is 0 Å². The molecule has 3 amide bonds. The monoisotopic (exact) mass is 510 g/mol. The third kappa shape index (κ3) is 8.51. The summed E-state index contributed by atoms with van der Waals surface area (Å²) in [4.78, 5) is 40.3. The maximum atomic E-state index is 13.5. The molecule has 3 N–H and O–H groups in total. The zero-order valence-electron chi connectivity index (χ0n) is 21.8. The minimum atomic E-state index is -1.44. The zero-order valence-corrected chi connectivity index (χ0v) is 21.8. The van der Waals surface area contributed by atoms with Crippen molar-refractivity contribution in [3.63, 3.8) is 0 Å². The van der Waals surface area contributed by atoms with Crippen molar-refractivity contribution in [1.82, 2.24) is 10.2 Å². The molecule has 0 bridgehead atoms. The summed E-state index contributed by atoms with van der Waals surface area (Å²) >= 11 is 0. The molecule has 0 saturated heterocycles. The lowest BCUT2D eigenvalue weighted by molar-refractivity contribution is -0.140. The number of aryl methyl sites for hydroxylation is 1. The second-order valence-corrected chi connectivity index (χ2v) is 9.22. The summed E-state index contributed by atoms with van der Waals surface area (Å²) in [5.74, 6) is -0.790. The lowest BCUT2D eigenvalue weighted by Crippen LogP contribution is -2.54. The number of nitriles is 1. The van der Waals surface area contributed by atoms with E-state index in [2.05, 4.69) is 10.6 Å². The summed E-state index contributed by atoms with van der Waals surface area (Å²) in [6, 6.07) is 13.0. The fourth-order valence-electron chi connectivity index (χ4n) is 3.50. The van der Waals surface area contributed by atoms with Gasteiger partial charge in [0.15, 0.2) is 0 Å². The molecule has 0 aliphatic rings. The molecule has 0 saturated carbocycles. The topological polar surface area (TPSA) is 141 Å². The van der Waals surface area contributed by atoms with Crippen LogP contribution in [0.4, 0.5) is 10.5 Å². The Bertz CT molecular complexity index is 1100. The number of rotatable bonds is 10. The second-order valence-electron chi connectivity index (χ2n) is 9.22. The van der Waals surface area contributed by atoms with Gasteiger partial charge in [-0.25, -0.2) is 4.79 Å². The molecule has 0 radical (unpaired) electrons. The maximum absolute atomic E-state index is 13.5. The minimum Gasteiger partial charge on any atom is -0.497 e. The molecule has 2 aromatic rings. The van der Waals surface area contributed by atoms with Crippen LogP contribution in [0.2, 0.25) is 0 Å². The molecule has 0 aliphatic heterocycles. The Kier molecular flexibility index (Phi) is 10.5. The highest BCUT2D eigenvalue weighted by Crippen LogP contribution is 2.25. The molecule has 10 heteroatoms. The minimum absolute atomic E-state index is 0.455. The second kappa shape index (κ2) is 13.3. The number of benzene rings is 2. The van der Waals surface area contributed by atoms with E-state index in [1.54, 1.807) is 57.2 Å². The first kappa shape index (κ1) is 29.1. The SMILES string of the molecule is CCc1ccc(C(C(=O)Nc2ccc(OC)cc2)N(CC#N)C(=O)C(CO)NC(=O)OC(C)(C)C)cc1. The van der Waals surface area contributed by atoms with Gasteiger partial charge in [0.1, 0.15) is 30.0 Å². The van der Waals surface area contributed by atoms with E-state index in [1.165, 1.54) is 7.11 Å². The molecular formula is C27H34N4O6. The number of alkyl carbamates (subject to hydrolysis) is 1. The Hall–Kier alpha value is -4.10. The number of methoxy groups -OCH3 is 1. The summed E-state index contributed by atoms with van der Waals surface area (Å²) in [5.41, 5.74) is 1.11. The highest BCUT2D eigenvalue weighted by molar-refractivity contribution is 5.99. The van der Waals surface area contributed by atoms with Crippen molar-refractivity contribution in [2.45, 2.75) is 51.8 Å². The van der Waals surface area contributed by atoms with Crippen LogP contribution in [0.1, 0.15) is 44.9 Å². The van der Waals surface area contributed by atoms with Crippen molar-refractivity contribution in [2.75, 3.05) is 25.6 Å². The van der Waals surface area contributed by atoms with E-state index < -0.39 is 48.7 Å². The number of hydrogen-bond donors (Lipinski definition) is 3. The summed E-state index contributed by atoms with van der Waals surface area (Å²) in [6.45, 7) is 5.73. The molecule has 198 valence electrons. The molecule has 0 heterocycles. The van der Waals surface area contributed by atoms with Gasteiger partial charge in [-0.1, -0.05) is 31.2 Å². The predicted molar refractivity (Wildman–Crippen MR) is 138 cm³/mol. The summed E-state index contributed by atoms with van der Waals surface area (Å²) < 4.78 is 10.3. The van der Waals surface area contributed by atoms with Gasteiger partial charge in [-0.2, -0.15) is 5.26 Å². The van der Waals surface area contributed by atoms with E-state index in [4.69, 9.17) is 9.47 Å². The lowest BCUT2D eigenvalue weighted by atomic mass is 10.0. The summed E-state index contributed by atoms with van der Waals surface area (Å²) in [5, 5.41) is 24.5. The number of ether oxygens (including phenoxy) is 2. The van der Waals surface area contributed by atoms with Crippen LogP contribution < -0.4 is 15.4 Å². The largest absolute Gasteiger partial charge is 0.497 e. The van der Waals surface area contributed by atoms with Crippen LogP contribution in [0.5, 0.6) is 5.75 Å². The first-order valence-electron chi connectivity index (χ1n) is 11.8. The van der Waals surface area contributed by atoms with Gasteiger partial charge in [-0.05, 0) is 62.6 Å². The highest BCUT2D eigenvalue weighted by Gasteiger charge is 2.36. The first-order chi connectivity index (χ1) is 17.5. The summed E-state index contributed by atoms with van der Waals surface area (Å²) in [6.07, 6.45) is -0.140. The van der Waals surface area contributed by atoms with Crippen LogP contribution in [0.15, 0.2) is 48.5 Å². The van der Waals surface area contributed by atoms with Crippen LogP contribution in [-0.4, -0.2) is 59.8 Å². The van der Waals surface area contributed by atoms with Crippen LogP contribution in [0, 0.1) is 11.3 Å². The number of carbonyl (C=O) groups is 3. The Labute approximate surface area is 217 Å². The van der Waals surface area contributed by atoms with Crippen LogP contribution >= 0.6 is 0 Å². The fraction of sp³-hybridized carbons (Fsp3) is 0.407. The number of hydrogen-bond acceptors (Lipinski definition) is 7. The van der Waals surface area contributed by atoms with Gasteiger partial charge >= 0.3 is 6.09 Å². The molecule has 10 nitrogen and oxygen atoms in total. The van der Waals surface area contributed by atoms with Crippen LogP contribution in [-0.2, 0) is 20.7 Å². The van der Waals surface area contributed by atoms with Crippen molar-refractivity contribution in [2.24, 2.45) is 0 Å². The molecule has 2 aromatic carbocycles. The van der Waals surface area contributed by atoms with Crippen molar-refractivity contribution < 1.29 is 29.0 Å². The van der Waals surface area contributed by atoms with Gasteiger partial charge in [0.25, 0.3) is 5.91 Å². The van der Waals surface area contributed by atoms with E-state index >= 15 is 0 Å². The van der Waals surface area contributed by atoms with Crippen molar-refractivity contribution >= 4 is 23.6 Å². The molecule has 0 aliphatic carbocycles. The van der Waals surface area contributed by atoms with Gasteiger partial charge < -0.3 is 30.1 Å². The molecular weight excluding hydrogens is 476 g/mol. The number of nitrogens with one attached hydrogen (secondary N) is 2. The van der Waals surface area contributed by atoms with E-state index in [-0.39, 0.29) is 0 Å². The normalized spacial score (nSPS) is 12.5. The van der Waals surface area contributed by atoms with Crippen LogP contribution in [0.25, 0.3) is 0 Å². The van der Waals surface area contributed by atoms with E-state index in [1.807, 2.05) is 25.1 Å². The van der Waals surface area contributed by atoms with Gasteiger partial charge in [0.2, 0.25) is 5.91 Å². The Morgan fingerprint density at radius 2 is 1.70 bits per heavy atom. The maximum Gasteiger partial charge on any atom is 0.408 e. The van der Waals surface area contributed by atoms with Crippen molar-refractivity contribution in [1.29, 1.82) is 5.26 Å². The van der Waals surface area contributed by atoms with Crippen molar-refractivity contribution in [3.05, 3.63) is 59.7 Å². The Morgan fingerprint density at radius 3 is 2.19 bits per heavy atom. The van der Waals surface area contributed by atoms with E-state index in [0.717, 1.165) is 16.9 Å². The third-order valence-electron chi connectivity index (χ3n) is 5.32. The highest BCUT2D eigenvalue weighted by atomic mass is 16.6. The molecule has 0 fully saturated rings. The number of aliphatic hydroxyl groups is 1. The molecule has 2 atom stereocenters. The Balaban J connectivity index is 2.43. The average molecular weight is 511 g/mol. The van der Waals surface area contributed by atoms with Crippen molar-refractivity contribution in [3.8, 4) is 11.8 Å². The number of amides is 3. The van der Waals surface area contributed by atoms with Gasteiger partial charge in [0.05, 0.1) is 19.8 Å². The molecule has 2 unspecified atom stereocenters. The quantitative estimate of drug-likeness (QED) is 0.417. The fourth-order valence-corrected chi connectivity index (χ4v) is 3.50. The lowest BCUT2D eigenvalue weighted by Gasteiger charge is -2.32. The van der Waals surface area contributed by atoms with Crippen LogP contribution in [0.3, 0.4) is 0 Å². The number of nitrogens with zero attached hydrogens (tertiary/aromatic N) is 2. The van der Waals surface area contributed by atoms with Gasteiger partial charge in [-0.3, -0.25) is 9.59 Å². The summed E-state index contributed by atoms with van der Waals surface area (Å²) in [7, 11) is 1.53. The van der Waals surface area contributed by atoms with E-state index in [9.17, 15) is 24.8 Å². The smallest absolute Gasteiger partial charge is 0.408 e. The van der Waals surface area contributed by atoms with Gasteiger partial charge in [0, 0.05) is 5.69 Å². The molecule has 0 spiro atoms. The number of carbonyl (C=O) groups excluding carboxylic acids is 3.